The molecular weight excluding hydrogens is 392 g/mol. The summed E-state index contributed by atoms with van der Waals surface area (Å²) in [6, 6.07) is 19.3. The fourth-order valence-electron chi connectivity index (χ4n) is 3.72. The Bertz CT molecular complexity index is 942. The molecule has 0 bridgehead atoms. The molecule has 0 N–H and O–H groups in total. The Hall–Kier alpha value is -2.36. The minimum Gasteiger partial charge on any atom is -0.492 e. The van der Waals surface area contributed by atoms with Crippen LogP contribution in [0.15, 0.2) is 60.8 Å². The summed E-state index contributed by atoms with van der Waals surface area (Å²) in [5.74, 6) is 0.934. The third-order valence-electron chi connectivity index (χ3n) is 5.35. The first-order chi connectivity index (χ1) is 14.3. The number of ether oxygens (including phenoxy) is 1. The summed E-state index contributed by atoms with van der Waals surface area (Å²) >= 11 is 5.98. The van der Waals surface area contributed by atoms with Gasteiger partial charge in [-0.3, -0.25) is 9.88 Å². The molecule has 0 saturated carbocycles. The maximum atomic E-state index is 6.07. The van der Waals surface area contributed by atoms with E-state index in [1.165, 1.54) is 0 Å². The van der Waals surface area contributed by atoms with Gasteiger partial charge in [0.25, 0.3) is 0 Å². The molecule has 0 atom stereocenters. The second kappa shape index (κ2) is 10.1. The minimum absolute atomic E-state index is 0.513. The Kier molecular flexibility index (Phi) is 7.52. The molecule has 0 aliphatic carbocycles. The third-order valence-corrected chi connectivity index (χ3v) is 5.60. The van der Waals surface area contributed by atoms with Crippen LogP contribution in [0.2, 0.25) is 5.02 Å². The first-order valence-electron chi connectivity index (χ1n) is 10.6. The normalized spacial score (nSPS) is 11.5. The van der Waals surface area contributed by atoms with Crippen LogP contribution in [0.4, 0.5) is 0 Å². The highest BCUT2D eigenvalue weighted by Gasteiger charge is 2.13. The van der Waals surface area contributed by atoms with Crippen molar-refractivity contribution in [2.75, 3.05) is 13.2 Å². The number of hydrogen-bond acceptors (Lipinski definition) is 3. The monoisotopic (exact) mass is 422 g/mol. The summed E-state index contributed by atoms with van der Waals surface area (Å²) in [5.41, 5.74) is 5.35. The zero-order chi connectivity index (χ0) is 21.7. The number of benzene rings is 2. The van der Waals surface area contributed by atoms with E-state index >= 15 is 0 Å². The number of halogens is 1. The van der Waals surface area contributed by atoms with Crippen molar-refractivity contribution in [1.29, 1.82) is 0 Å². The van der Waals surface area contributed by atoms with E-state index in [0.29, 0.717) is 18.7 Å². The molecular formula is C26H31ClN2O. The van der Waals surface area contributed by atoms with Crippen molar-refractivity contribution in [1.82, 2.24) is 9.88 Å². The molecule has 3 rings (SSSR count). The van der Waals surface area contributed by atoms with E-state index in [1.807, 2.05) is 30.5 Å². The average molecular weight is 423 g/mol. The van der Waals surface area contributed by atoms with Crippen molar-refractivity contribution in [3.05, 3.63) is 71.4 Å². The lowest BCUT2D eigenvalue weighted by Crippen LogP contribution is -2.39. The molecule has 0 amide bonds. The highest BCUT2D eigenvalue weighted by molar-refractivity contribution is 6.30. The molecule has 0 saturated heterocycles. The van der Waals surface area contributed by atoms with Crippen LogP contribution < -0.4 is 4.74 Å². The van der Waals surface area contributed by atoms with Crippen molar-refractivity contribution >= 4 is 11.6 Å². The maximum absolute atomic E-state index is 6.07. The summed E-state index contributed by atoms with van der Waals surface area (Å²) in [7, 11) is 0. The van der Waals surface area contributed by atoms with E-state index in [4.69, 9.17) is 16.3 Å². The number of pyridine rings is 1. The Morgan fingerprint density at radius 2 is 1.50 bits per heavy atom. The van der Waals surface area contributed by atoms with Crippen LogP contribution in [-0.4, -0.2) is 35.1 Å². The van der Waals surface area contributed by atoms with Gasteiger partial charge in [0.2, 0.25) is 0 Å². The van der Waals surface area contributed by atoms with Crippen molar-refractivity contribution < 1.29 is 4.74 Å². The lowest BCUT2D eigenvalue weighted by molar-refractivity contribution is 0.141. The lowest BCUT2D eigenvalue weighted by Gasteiger charge is -2.30. The molecule has 158 valence electrons. The molecule has 2 aromatic carbocycles. The van der Waals surface area contributed by atoms with Crippen molar-refractivity contribution in [2.24, 2.45) is 0 Å². The molecule has 1 aromatic heterocycles. The van der Waals surface area contributed by atoms with E-state index in [2.05, 4.69) is 74.8 Å². The van der Waals surface area contributed by atoms with E-state index in [0.717, 1.165) is 45.3 Å². The van der Waals surface area contributed by atoms with Gasteiger partial charge >= 0.3 is 0 Å². The van der Waals surface area contributed by atoms with Gasteiger partial charge in [-0.05, 0) is 82.1 Å². The van der Waals surface area contributed by atoms with E-state index in [9.17, 15) is 0 Å². The maximum Gasteiger partial charge on any atom is 0.122 e. The Labute approximate surface area is 185 Å². The average Bonchev–Trinajstić information content (AvgIpc) is 2.72. The van der Waals surface area contributed by atoms with Gasteiger partial charge in [0.1, 0.15) is 12.4 Å². The molecule has 3 nitrogen and oxygen atoms in total. The molecule has 0 unspecified atom stereocenters. The number of hydrogen-bond donors (Lipinski definition) is 0. The molecule has 3 aromatic rings. The van der Waals surface area contributed by atoms with Crippen molar-refractivity contribution in [3.63, 3.8) is 0 Å². The number of aryl methyl sites for hydroxylation is 1. The zero-order valence-corrected chi connectivity index (χ0v) is 19.3. The number of aromatic nitrogens is 1. The van der Waals surface area contributed by atoms with Crippen LogP contribution in [0.1, 0.15) is 33.3 Å². The Morgan fingerprint density at radius 1 is 0.867 bits per heavy atom. The van der Waals surface area contributed by atoms with Gasteiger partial charge in [0.15, 0.2) is 0 Å². The molecule has 4 heteroatoms. The Morgan fingerprint density at radius 3 is 2.07 bits per heavy atom. The van der Waals surface area contributed by atoms with Gasteiger partial charge in [0.05, 0.1) is 5.69 Å². The predicted octanol–water partition coefficient (Wildman–Crippen LogP) is 6.88. The second-order valence-corrected chi connectivity index (χ2v) is 8.63. The highest BCUT2D eigenvalue weighted by Crippen LogP contribution is 2.27. The number of rotatable bonds is 8. The Balaban J connectivity index is 1.67. The second-order valence-electron chi connectivity index (χ2n) is 8.19. The zero-order valence-electron chi connectivity index (χ0n) is 18.5. The fraction of sp³-hybridized carbons (Fsp3) is 0.346. The third kappa shape index (κ3) is 5.62. The first-order valence-corrected chi connectivity index (χ1v) is 10.9. The smallest absolute Gasteiger partial charge is 0.122 e. The molecule has 0 aliphatic rings. The topological polar surface area (TPSA) is 25.4 Å². The van der Waals surface area contributed by atoms with Gasteiger partial charge in [-0.25, -0.2) is 0 Å². The molecule has 30 heavy (non-hydrogen) atoms. The summed E-state index contributed by atoms with van der Waals surface area (Å²) in [5, 5.41) is 0.738. The first kappa shape index (κ1) is 22.3. The summed E-state index contributed by atoms with van der Waals surface area (Å²) in [6.07, 6.45) is 1.91. The van der Waals surface area contributed by atoms with Gasteiger partial charge < -0.3 is 4.74 Å². The van der Waals surface area contributed by atoms with Crippen molar-refractivity contribution in [2.45, 2.75) is 46.7 Å². The van der Waals surface area contributed by atoms with Gasteiger partial charge in [-0.2, -0.15) is 0 Å². The molecule has 0 aliphatic heterocycles. The van der Waals surface area contributed by atoms with Gasteiger partial charge in [-0.1, -0.05) is 29.8 Å². The van der Waals surface area contributed by atoms with Crippen LogP contribution in [0.25, 0.3) is 22.4 Å². The fourth-order valence-corrected chi connectivity index (χ4v) is 3.85. The standard InChI is InChI=1S/C26H31ClN2O/c1-18(2)29(19(3)4)14-15-30-26-13-9-22(16-20(26)5)25-12-8-23(17-28-25)21-6-10-24(27)11-7-21/h6-13,16-19H,14-15H2,1-5H3. The van der Waals surface area contributed by atoms with E-state index < -0.39 is 0 Å². The molecule has 0 radical (unpaired) electrons. The van der Waals surface area contributed by atoms with Crippen LogP contribution in [0, 0.1) is 6.92 Å². The van der Waals surface area contributed by atoms with Crippen molar-refractivity contribution in [3.8, 4) is 28.1 Å². The van der Waals surface area contributed by atoms with Gasteiger partial charge in [-0.15, -0.1) is 0 Å². The predicted molar refractivity (Wildman–Crippen MR) is 127 cm³/mol. The van der Waals surface area contributed by atoms with Crippen LogP contribution in [0.3, 0.4) is 0 Å². The SMILES string of the molecule is Cc1cc(-c2ccc(-c3ccc(Cl)cc3)cn2)ccc1OCCN(C(C)C)C(C)C. The molecule has 0 fully saturated rings. The lowest BCUT2D eigenvalue weighted by atomic mass is 10.0. The summed E-state index contributed by atoms with van der Waals surface area (Å²) < 4.78 is 6.07. The minimum atomic E-state index is 0.513. The highest BCUT2D eigenvalue weighted by atomic mass is 35.5. The van der Waals surface area contributed by atoms with Crippen LogP contribution in [0.5, 0.6) is 5.75 Å². The van der Waals surface area contributed by atoms with Crippen LogP contribution in [-0.2, 0) is 0 Å². The van der Waals surface area contributed by atoms with Crippen LogP contribution >= 0.6 is 11.6 Å². The summed E-state index contributed by atoms with van der Waals surface area (Å²) in [4.78, 5) is 7.10. The summed E-state index contributed by atoms with van der Waals surface area (Å²) in [6.45, 7) is 12.6. The largest absolute Gasteiger partial charge is 0.492 e. The molecule has 0 spiro atoms. The quantitative estimate of drug-likeness (QED) is 0.395. The van der Waals surface area contributed by atoms with E-state index in [-0.39, 0.29) is 0 Å². The molecule has 1 heterocycles. The van der Waals surface area contributed by atoms with E-state index in [1.54, 1.807) is 0 Å². The number of nitrogens with zero attached hydrogens (tertiary/aromatic N) is 2. The van der Waals surface area contributed by atoms with Gasteiger partial charge in [0, 0.05) is 41.0 Å².